The van der Waals surface area contributed by atoms with E-state index in [1.165, 1.54) is 54.3 Å². The lowest BCUT2D eigenvalue weighted by Gasteiger charge is -2.21. The molecule has 0 aliphatic rings. The first-order valence-corrected chi connectivity index (χ1v) is 11.6. The topological polar surface area (TPSA) is 145 Å². The van der Waals surface area contributed by atoms with E-state index in [0.29, 0.717) is 17.2 Å². The molecule has 1 heterocycles. The first-order chi connectivity index (χ1) is 15.8. The maximum Gasteiger partial charge on any atom is 0.269 e. The molecular weight excluding hydrogens is 462 g/mol. The largest absolute Gasteiger partial charge is 0.495 e. The first kappa shape index (κ1) is 24.9. The summed E-state index contributed by atoms with van der Waals surface area (Å²) in [6.45, 7) is 6.84. The Kier molecular flexibility index (Phi) is 6.75. The van der Waals surface area contributed by atoms with E-state index in [1.54, 1.807) is 33.8 Å². The minimum Gasteiger partial charge on any atom is -0.495 e. The summed E-state index contributed by atoms with van der Waals surface area (Å²) in [5.74, 6) is -0.164. The lowest BCUT2D eigenvalue weighted by molar-refractivity contribution is -0.384. The van der Waals surface area contributed by atoms with Gasteiger partial charge in [-0.3, -0.25) is 14.9 Å². The van der Waals surface area contributed by atoms with Gasteiger partial charge in [-0.05, 0) is 58.0 Å². The number of non-ortho nitro benzene ring substituents is 1. The van der Waals surface area contributed by atoms with Crippen LogP contribution in [0.1, 0.15) is 36.8 Å². The van der Waals surface area contributed by atoms with Gasteiger partial charge >= 0.3 is 0 Å². The summed E-state index contributed by atoms with van der Waals surface area (Å²) < 4.78 is 35.0. The normalized spacial score (nSPS) is 11.8. The maximum atomic E-state index is 13.0. The van der Waals surface area contributed by atoms with Crippen LogP contribution in [0.2, 0.25) is 0 Å². The predicted molar refractivity (Wildman–Crippen MR) is 126 cm³/mol. The zero-order valence-electron chi connectivity index (χ0n) is 19.3. The Bertz CT molecular complexity index is 1340. The first-order valence-electron chi connectivity index (χ1n) is 10.2. The number of nitrogens with zero attached hydrogens (tertiary/aromatic N) is 3. The summed E-state index contributed by atoms with van der Waals surface area (Å²) in [6.07, 6.45) is 0. The molecule has 0 saturated heterocycles. The van der Waals surface area contributed by atoms with Crippen molar-refractivity contribution in [1.29, 1.82) is 0 Å². The van der Waals surface area contributed by atoms with Crippen LogP contribution in [0, 0.1) is 17.0 Å². The molecule has 0 aliphatic carbocycles. The van der Waals surface area contributed by atoms with Gasteiger partial charge in [0.25, 0.3) is 11.6 Å². The zero-order chi connectivity index (χ0) is 25.3. The van der Waals surface area contributed by atoms with E-state index in [-0.39, 0.29) is 21.9 Å². The number of nitro groups is 1. The molecular formula is C22H25N5O6S. The van der Waals surface area contributed by atoms with Crippen molar-refractivity contribution in [3.63, 3.8) is 0 Å². The van der Waals surface area contributed by atoms with Crippen LogP contribution < -0.4 is 14.8 Å². The van der Waals surface area contributed by atoms with Crippen molar-refractivity contribution < 1.29 is 22.9 Å². The number of sulfonamides is 1. The SMILES string of the molecule is COc1ccc(C(=O)Nc2cc(C)nn2-c2ccc([N+](=O)[O-])cc2)cc1S(=O)(=O)NC(C)(C)C. The van der Waals surface area contributed by atoms with Gasteiger partial charge in [0.15, 0.2) is 0 Å². The number of nitrogens with one attached hydrogen (secondary N) is 2. The second kappa shape index (κ2) is 9.23. The molecule has 2 aromatic carbocycles. The van der Waals surface area contributed by atoms with Crippen LogP contribution in [0.5, 0.6) is 5.75 Å². The number of carbonyl (C=O) groups is 1. The Morgan fingerprint density at radius 3 is 2.32 bits per heavy atom. The van der Waals surface area contributed by atoms with Gasteiger partial charge in [0.05, 0.1) is 23.4 Å². The van der Waals surface area contributed by atoms with Gasteiger partial charge in [0.1, 0.15) is 16.5 Å². The van der Waals surface area contributed by atoms with Crippen molar-refractivity contribution in [3.05, 3.63) is 69.9 Å². The summed E-state index contributed by atoms with van der Waals surface area (Å²) in [6, 6.07) is 11.4. The third-order valence-electron chi connectivity index (χ3n) is 4.53. The van der Waals surface area contributed by atoms with E-state index in [4.69, 9.17) is 4.74 Å². The lowest BCUT2D eigenvalue weighted by Crippen LogP contribution is -2.40. The molecule has 12 heteroatoms. The predicted octanol–water partition coefficient (Wildman–Crippen LogP) is 3.43. The van der Waals surface area contributed by atoms with Gasteiger partial charge in [-0.1, -0.05) is 0 Å². The van der Waals surface area contributed by atoms with E-state index in [9.17, 15) is 23.3 Å². The minimum absolute atomic E-state index is 0.0750. The van der Waals surface area contributed by atoms with Crippen molar-refractivity contribution in [3.8, 4) is 11.4 Å². The average molecular weight is 488 g/mol. The summed E-state index contributed by atoms with van der Waals surface area (Å²) in [7, 11) is -2.63. The highest BCUT2D eigenvalue weighted by atomic mass is 32.2. The Hall–Kier alpha value is -3.77. The molecule has 0 radical (unpaired) electrons. The molecule has 0 fully saturated rings. The highest BCUT2D eigenvalue weighted by molar-refractivity contribution is 7.89. The highest BCUT2D eigenvalue weighted by Gasteiger charge is 2.26. The molecule has 3 aromatic rings. The Morgan fingerprint density at radius 2 is 1.76 bits per heavy atom. The van der Waals surface area contributed by atoms with Gasteiger partial charge in [-0.25, -0.2) is 17.8 Å². The third-order valence-corrected chi connectivity index (χ3v) is 6.31. The van der Waals surface area contributed by atoms with Crippen LogP contribution >= 0.6 is 0 Å². The van der Waals surface area contributed by atoms with Crippen molar-refractivity contribution >= 4 is 27.4 Å². The fraction of sp³-hybridized carbons (Fsp3) is 0.273. The van der Waals surface area contributed by atoms with Crippen molar-refractivity contribution in [2.75, 3.05) is 12.4 Å². The van der Waals surface area contributed by atoms with Crippen LogP contribution in [0.3, 0.4) is 0 Å². The summed E-state index contributed by atoms with van der Waals surface area (Å²) >= 11 is 0. The van der Waals surface area contributed by atoms with E-state index in [0.717, 1.165) is 0 Å². The molecule has 0 bridgehead atoms. The molecule has 3 rings (SSSR count). The highest BCUT2D eigenvalue weighted by Crippen LogP contribution is 2.27. The van der Waals surface area contributed by atoms with E-state index in [1.807, 2.05) is 0 Å². The number of amides is 1. The van der Waals surface area contributed by atoms with Crippen molar-refractivity contribution in [2.24, 2.45) is 0 Å². The van der Waals surface area contributed by atoms with Gasteiger partial charge in [-0.2, -0.15) is 5.10 Å². The number of hydrogen-bond acceptors (Lipinski definition) is 7. The van der Waals surface area contributed by atoms with Gasteiger partial charge in [-0.15, -0.1) is 0 Å². The molecule has 0 aliphatic heterocycles. The van der Waals surface area contributed by atoms with Crippen molar-refractivity contribution in [2.45, 2.75) is 38.1 Å². The molecule has 34 heavy (non-hydrogen) atoms. The Labute approximate surface area is 196 Å². The summed E-state index contributed by atoms with van der Waals surface area (Å²) in [5.41, 5.74) is 0.373. The van der Waals surface area contributed by atoms with Crippen LogP contribution in [0.4, 0.5) is 11.5 Å². The quantitative estimate of drug-likeness (QED) is 0.383. The molecule has 11 nitrogen and oxygen atoms in total. The van der Waals surface area contributed by atoms with E-state index < -0.39 is 26.4 Å². The van der Waals surface area contributed by atoms with E-state index in [2.05, 4.69) is 15.1 Å². The second-order valence-corrected chi connectivity index (χ2v) is 10.2. The monoisotopic (exact) mass is 487 g/mol. The molecule has 0 saturated carbocycles. The van der Waals surface area contributed by atoms with Gasteiger partial charge in [0, 0.05) is 29.3 Å². The van der Waals surface area contributed by atoms with Gasteiger partial charge in [0.2, 0.25) is 10.0 Å². The summed E-state index contributed by atoms with van der Waals surface area (Å²) in [5, 5.41) is 18.0. The average Bonchev–Trinajstić information content (AvgIpc) is 3.11. The molecule has 0 atom stereocenters. The molecule has 0 spiro atoms. The lowest BCUT2D eigenvalue weighted by atomic mass is 10.1. The van der Waals surface area contributed by atoms with Crippen molar-refractivity contribution in [1.82, 2.24) is 14.5 Å². The Balaban J connectivity index is 1.95. The molecule has 2 N–H and O–H groups in total. The number of hydrogen-bond donors (Lipinski definition) is 2. The molecule has 0 unspecified atom stereocenters. The van der Waals surface area contributed by atoms with E-state index >= 15 is 0 Å². The maximum absolute atomic E-state index is 13.0. The minimum atomic E-state index is -3.98. The number of methoxy groups -OCH3 is 1. The number of aryl methyl sites for hydroxylation is 1. The zero-order valence-corrected chi connectivity index (χ0v) is 20.1. The molecule has 180 valence electrons. The smallest absolute Gasteiger partial charge is 0.269 e. The number of benzene rings is 2. The Morgan fingerprint density at radius 1 is 1.12 bits per heavy atom. The number of ether oxygens (including phenoxy) is 1. The van der Waals surface area contributed by atoms with Crippen LogP contribution in [-0.2, 0) is 10.0 Å². The molecule has 1 amide bonds. The van der Waals surface area contributed by atoms with Crippen LogP contribution in [0.15, 0.2) is 53.4 Å². The number of carbonyl (C=O) groups excluding carboxylic acids is 1. The fourth-order valence-electron chi connectivity index (χ4n) is 3.18. The fourth-order valence-corrected chi connectivity index (χ4v) is 4.79. The number of aromatic nitrogens is 2. The number of nitro benzene ring substituents is 1. The number of anilines is 1. The van der Waals surface area contributed by atoms with Crippen LogP contribution in [0.25, 0.3) is 5.69 Å². The van der Waals surface area contributed by atoms with Crippen LogP contribution in [-0.4, -0.2) is 41.7 Å². The third kappa shape index (κ3) is 5.58. The molecule has 1 aromatic heterocycles. The number of rotatable bonds is 7. The summed E-state index contributed by atoms with van der Waals surface area (Å²) in [4.78, 5) is 23.3. The standard InChI is InChI=1S/C22H25N5O6S/c1-14-12-20(26(24-14)16-7-9-17(10-8-16)27(29)30)23-21(28)15-6-11-18(33-5)19(13-15)34(31,32)25-22(2,3)4/h6-13,25H,1-5H3,(H,23,28). The second-order valence-electron chi connectivity index (χ2n) is 8.53. The van der Waals surface area contributed by atoms with Gasteiger partial charge < -0.3 is 10.1 Å².